The van der Waals surface area contributed by atoms with Crippen LogP contribution < -0.4 is 10.1 Å². The molecule has 34 heavy (non-hydrogen) atoms. The maximum Gasteiger partial charge on any atom is 0.135 e. The van der Waals surface area contributed by atoms with Crippen molar-refractivity contribution in [3.63, 3.8) is 0 Å². The van der Waals surface area contributed by atoms with Crippen molar-refractivity contribution in [1.82, 2.24) is 5.32 Å². The summed E-state index contributed by atoms with van der Waals surface area (Å²) in [5.41, 5.74) is 1.50. The van der Waals surface area contributed by atoms with Crippen LogP contribution in [0.2, 0.25) is 0 Å². The van der Waals surface area contributed by atoms with Crippen molar-refractivity contribution in [3.8, 4) is 5.75 Å². The third-order valence-electron chi connectivity index (χ3n) is 5.97. The second-order valence-corrected chi connectivity index (χ2v) is 8.52. The standard InChI is InChI=1S/C28H31NO4.ClH/c1-28(19-30,20-31)29-17-26-22-11-5-7-13-24(22)27(25-14-8-6-12-23(25)26)33-16-15-32-18-21-9-3-2-4-10-21;/h2-14,29-31H,15-20H2,1H3;1H. The Morgan fingerprint density at radius 2 is 1.26 bits per heavy atom. The predicted octanol–water partition coefficient (Wildman–Crippen LogP) is 4.84. The molecule has 0 saturated heterocycles. The molecule has 0 aliphatic rings. The van der Waals surface area contributed by atoms with Crippen molar-refractivity contribution < 1.29 is 19.7 Å². The zero-order chi connectivity index (χ0) is 23.1. The average Bonchev–Trinajstić information content (AvgIpc) is 2.88. The van der Waals surface area contributed by atoms with E-state index < -0.39 is 5.54 Å². The molecule has 0 atom stereocenters. The lowest BCUT2D eigenvalue weighted by Crippen LogP contribution is -2.48. The molecule has 0 aromatic heterocycles. The Kier molecular flexibility index (Phi) is 9.28. The first-order chi connectivity index (χ1) is 16.1. The van der Waals surface area contributed by atoms with Gasteiger partial charge in [-0.25, -0.2) is 0 Å². The highest BCUT2D eigenvalue weighted by atomic mass is 35.5. The number of hydrogen-bond acceptors (Lipinski definition) is 5. The summed E-state index contributed by atoms with van der Waals surface area (Å²) in [5, 5.41) is 27.0. The van der Waals surface area contributed by atoms with E-state index in [0.717, 1.165) is 38.4 Å². The highest BCUT2D eigenvalue weighted by Crippen LogP contribution is 2.38. The van der Waals surface area contributed by atoms with Crippen molar-refractivity contribution in [2.75, 3.05) is 26.4 Å². The van der Waals surface area contributed by atoms with Crippen LogP contribution in [0.1, 0.15) is 18.1 Å². The first-order valence-electron chi connectivity index (χ1n) is 11.3. The Labute approximate surface area is 206 Å². The number of rotatable bonds is 11. The second-order valence-electron chi connectivity index (χ2n) is 8.52. The Hall–Kier alpha value is -2.67. The zero-order valence-electron chi connectivity index (χ0n) is 19.4. The number of aliphatic hydroxyl groups excluding tert-OH is 2. The van der Waals surface area contributed by atoms with Gasteiger partial charge in [-0.15, -0.1) is 12.4 Å². The fourth-order valence-electron chi connectivity index (χ4n) is 3.96. The van der Waals surface area contributed by atoms with Crippen molar-refractivity contribution in [1.29, 1.82) is 0 Å². The summed E-state index contributed by atoms with van der Waals surface area (Å²) in [7, 11) is 0. The molecule has 0 saturated carbocycles. The topological polar surface area (TPSA) is 71.0 Å². The van der Waals surface area contributed by atoms with Gasteiger partial charge in [0.2, 0.25) is 0 Å². The van der Waals surface area contributed by atoms with Crippen molar-refractivity contribution in [2.24, 2.45) is 0 Å². The number of aliphatic hydroxyl groups is 2. The molecule has 0 heterocycles. The average molecular weight is 482 g/mol. The summed E-state index contributed by atoms with van der Waals surface area (Å²) >= 11 is 0. The lowest BCUT2D eigenvalue weighted by atomic mass is 9.94. The largest absolute Gasteiger partial charge is 0.490 e. The van der Waals surface area contributed by atoms with E-state index in [-0.39, 0.29) is 25.6 Å². The van der Waals surface area contributed by atoms with Crippen LogP contribution in [0.25, 0.3) is 21.5 Å². The molecule has 4 aromatic rings. The van der Waals surface area contributed by atoms with E-state index in [0.29, 0.717) is 26.4 Å². The number of halogens is 1. The van der Waals surface area contributed by atoms with Crippen LogP contribution >= 0.6 is 12.4 Å². The predicted molar refractivity (Wildman–Crippen MR) is 140 cm³/mol. The molecule has 0 amide bonds. The van der Waals surface area contributed by atoms with Gasteiger partial charge in [0, 0.05) is 17.3 Å². The van der Waals surface area contributed by atoms with Gasteiger partial charge in [-0.1, -0.05) is 78.9 Å². The Bertz CT molecular complexity index is 1140. The molecular weight excluding hydrogens is 450 g/mol. The SMILES string of the molecule is CC(CO)(CO)NCc1c2ccccc2c(OCCOCc2ccccc2)c2ccccc12.Cl. The number of nitrogens with one attached hydrogen (secondary N) is 1. The summed E-state index contributed by atoms with van der Waals surface area (Å²) in [6, 6.07) is 26.5. The molecule has 0 spiro atoms. The molecule has 6 heteroatoms. The molecule has 180 valence electrons. The molecule has 0 aliphatic heterocycles. The summed E-state index contributed by atoms with van der Waals surface area (Å²) in [4.78, 5) is 0. The van der Waals surface area contributed by atoms with Gasteiger partial charge < -0.3 is 25.0 Å². The zero-order valence-corrected chi connectivity index (χ0v) is 20.2. The molecule has 0 radical (unpaired) electrons. The lowest BCUT2D eigenvalue weighted by molar-refractivity contribution is 0.0898. The maximum absolute atomic E-state index is 9.69. The van der Waals surface area contributed by atoms with E-state index in [9.17, 15) is 10.2 Å². The fraction of sp³-hybridized carbons (Fsp3) is 0.286. The summed E-state index contributed by atoms with van der Waals surface area (Å²) in [6.45, 7) is 3.53. The van der Waals surface area contributed by atoms with E-state index in [4.69, 9.17) is 9.47 Å². The minimum atomic E-state index is -0.756. The molecule has 5 nitrogen and oxygen atoms in total. The van der Waals surface area contributed by atoms with Gasteiger partial charge in [0.1, 0.15) is 12.4 Å². The molecule has 4 aromatic carbocycles. The van der Waals surface area contributed by atoms with Crippen molar-refractivity contribution >= 4 is 34.0 Å². The van der Waals surface area contributed by atoms with E-state index in [1.54, 1.807) is 0 Å². The van der Waals surface area contributed by atoms with Crippen molar-refractivity contribution in [2.45, 2.75) is 25.6 Å². The minimum absolute atomic E-state index is 0. The molecule has 0 fully saturated rings. The molecule has 3 N–H and O–H groups in total. The van der Waals surface area contributed by atoms with Gasteiger partial charge in [0.25, 0.3) is 0 Å². The van der Waals surface area contributed by atoms with Crippen LogP contribution in [0, 0.1) is 0 Å². The van der Waals surface area contributed by atoms with Gasteiger partial charge in [0.15, 0.2) is 0 Å². The van der Waals surface area contributed by atoms with Crippen LogP contribution in [0.4, 0.5) is 0 Å². The van der Waals surface area contributed by atoms with Crippen molar-refractivity contribution in [3.05, 3.63) is 90.0 Å². The van der Waals surface area contributed by atoms with Gasteiger partial charge >= 0.3 is 0 Å². The first-order valence-corrected chi connectivity index (χ1v) is 11.3. The van der Waals surface area contributed by atoms with Gasteiger partial charge in [-0.05, 0) is 28.8 Å². The van der Waals surface area contributed by atoms with Gasteiger partial charge in [-0.2, -0.15) is 0 Å². The summed E-state index contributed by atoms with van der Waals surface area (Å²) < 4.78 is 12.1. The van der Waals surface area contributed by atoms with Crippen LogP contribution in [-0.2, 0) is 17.9 Å². The quantitative estimate of drug-likeness (QED) is 0.211. The molecule has 0 bridgehead atoms. The normalized spacial score (nSPS) is 11.5. The second kappa shape index (κ2) is 12.2. The number of hydrogen-bond donors (Lipinski definition) is 3. The van der Waals surface area contributed by atoms with E-state index in [1.165, 1.54) is 0 Å². The van der Waals surface area contributed by atoms with E-state index in [1.807, 2.05) is 61.5 Å². The lowest BCUT2D eigenvalue weighted by Gasteiger charge is -2.27. The van der Waals surface area contributed by atoms with E-state index in [2.05, 4.69) is 29.6 Å². The number of ether oxygens (including phenoxy) is 2. The Balaban J connectivity index is 0.00000324. The highest BCUT2D eigenvalue weighted by molar-refractivity contribution is 6.08. The molecule has 0 aliphatic carbocycles. The smallest absolute Gasteiger partial charge is 0.135 e. The molecular formula is C28H32ClNO4. The third kappa shape index (κ3) is 5.87. The summed E-state index contributed by atoms with van der Waals surface area (Å²) in [6.07, 6.45) is 0. The Morgan fingerprint density at radius 1 is 0.735 bits per heavy atom. The van der Waals surface area contributed by atoms with Gasteiger partial charge in [0.05, 0.1) is 32.0 Å². The van der Waals surface area contributed by atoms with Crippen LogP contribution in [0.15, 0.2) is 78.9 Å². The molecule has 4 rings (SSSR count). The third-order valence-corrected chi connectivity index (χ3v) is 5.97. The first kappa shape index (κ1) is 25.9. The summed E-state index contributed by atoms with van der Waals surface area (Å²) in [5.74, 6) is 0.848. The monoisotopic (exact) mass is 481 g/mol. The van der Waals surface area contributed by atoms with Crippen LogP contribution in [0.3, 0.4) is 0 Å². The van der Waals surface area contributed by atoms with Crippen LogP contribution in [-0.4, -0.2) is 42.2 Å². The Morgan fingerprint density at radius 3 is 1.82 bits per heavy atom. The minimum Gasteiger partial charge on any atom is -0.490 e. The number of benzene rings is 4. The molecule has 0 unspecified atom stereocenters. The highest BCUT2D eigenvalue weighted by Gasteiger charge is 2.23. The van der Waals surface area contributed by atoms with Crippen LogP contribution in [0.5, 0.6) is 5.75 Å². The maximum atomic E-state index is 9.69. The number of fused-ring (bicyclic) bond motifs is 2. The van der Waals surface area contributed by atoms with E-state index >= 15 is 0 Å². The van der Waals surface area contributed by atoms with Gasteiger partial charge in [-0.3, -0.25) is 0 Å². The fourth-order valence-corrected chi connectivity index (χ4v) is 3.96.